The highest BCUT2D eigenvalue weighted by Gasteiger charge is 2.15. The molecule has 0 heterocycles. The van der Waals surface area contributed by atoms with Gasteiger partial charge in [0.15, 0.2) is 0 Å². The quantitative estimate of drug-likeness (QED) is 0.323. The van der Waals surface area contributed by atoms with Crippen LogP contribution < -0.4 is 9.46 Å². The van der Waals surface area contributed by atoms with E-state index in [4.69, 9.17) is 9.57 Å². The molecule has 0 atom stereocenters. The van der Waals surface area contributed by atoms with Crippen molar-refractivity contribution in [3.63, 3.8) is 0 Å². The Labute approximate surface area is 195 Å². The van der Waals surface area contributed by atoms with Gasteiger partial charge < -0.3 is 9.57 Å². The van der Waals surface area contributed by atoms with Crippen molar-refractivity contribution >= 4 is 34.3 Å². The number of sulfonamides is 1. The second-order valence-electron chi connectivity index (χ2n) is 6.89. The molecule has 8 heteroatoms. The summed E-state index contributed by atoms with van der Waals surface area (Å²) in [4.78, 5) is 5.18. The third-order valence-electron chi connectivity index (χ3n) is 4.55. The maximum Gasteiger partial charge on any atom is 0.261 e. The van der Waals surface area contributed by atoms with Crippen LogP contribution in [0.2, 0.25) is 0 Å². The second kappa shape index (κ2) is 12.1. The number of nitrogens with zero attached hydrogens (tertiary/aromatic N) is 1. The highest BCUT2D eigenvalue weighted by Crippen LogP contribution is 2.25. The lowest BCUT2D eigenvalue weighted by Gasteiger charge is -2.13. The van der Waals surface area contributed by atoms with Gasteiger partial charge in [0.1, 0.15) is 12.4 Å². The average Bonchev–Trinajstić information content (AvgIpc) is 2.78. The van der Waals surface area contributed by atoms with Crippen LogP contribution in [0.1, 0.15) is 23.6 Å². The molecule has 0 amide bonds. The fourth-order valence-electron chi connectivity index (χ4n) is 2.83. The van der Waals surface area contributed by atoms with E-state index < -0.39 is 10.0 Å². The van der Waals surface area contributed by atoms with E-state index in [1.807, 2.05) is 50.2 Å². The molecule has 0 aromatic heterocycles. The first-order valence-electron chi connectivity index (χ1n) is 10.0. The number of anilines is 1. The zero-order chi connectivity index (χ0) is 22.1. The number of oxime groups is 1. The minimum Gasteiger partial charge on any atom is -0.493 e. The minimum atomic E-state index is -3.65. The molecule has 0 unspecified atom stereocenters. The molecular formula is C24H27ClN2O4S. The third kappa shape index (κ3) is 7.28. The van der Waals surface area contributed by atoms with Crippen molar-refractivity contribution in [1.82, 2.24) is 0 Å². The Hall–Kier alpha value is -3.03. The number of ether oxygens (including phenoxy) is 1. The number of aryl methyl sites for hydroxylation is 1. The van der Waals surface area contributed by atoms with Crippen LogP contribution in [-0.2, 0) is 21.3 Å². The highest BCUT2D eigenvalue weighted by molar-refractivity contribution is 7.92. The smallest absolute Gasteiger partial charge is 0.261 e. The zero-order valence-electron chi connectivity index (χ0n) is 18.0. The molecular weight excluding hydrogens is 448 g/mol. The van der Waals surface area contributed by atoms with E-state index in [9.17, 15) is 8.42 Å². The first-order valence-corrected chi connectivity index (χ1v) is 11.5. The van der Waals surface area contributed by atoms with Gasteiger partial charge >= 0.3 is 0 Å². The van der Waals surface area contributed by atoms with Crippen molar-refractivity contribution in [2.75, 3.05) is 17.9 Å². The largest absolute Gasteiger partial charge is 0.493 e. The molecule has 3 aromatic carbocycles. The van der Waals surface area contributed by atoms with Gasteiger partial charge in [-0.3, -0.25) is 4.72 Å². The van der Waals surface area contributed by atoms with E-state index in [1.54, 1.807) is 42.6 Å². The molecule has 0 saturated carbocycles. The molecule has 3 rings (SSSR count). The number of rotatable bonds is 10. The van der Waals surface area contributed by atoms with Gasteiger partial charge in [0.2, 0.25) is 0 Å². The molecule has 0 saturated heterocycles. The number of benzene rings is 3. The van der Waals surface area contributed by atoms with E-state index in [2.05, 4.69) is 9.88 Å². The Morgan fingerprint density at radius 1 is 1.00 bits per heavy atom. The lowest BCUT2D eigenvalue weighted by Crippen LogP contribution is -2.13. The summed E-state index contributed by atoms with van der Waals surface area (Å²) in [6, 6.07) is 21.7. The summed E-state index contributed by atoms with van der Waals surface area (Å²) in [5.41, 5.74) is 3.41. The van der Waals surface area contributed by atoms with Gasteiger partial charge in [-0.05, 0) is 48.7 Å². The van der Waals surface area contributed by atoms with Crippen molar-refractivity contribution in [2.45, 2.75) is 25.2 Å². The lowest BCUT2D eigenvalue weighted by molar-refractivity contribution is 0.160. The predicted molar refractivity (Wildman–Crippen MR) is 131 cm³/mol. The van der Waals surface area contributed by atoms with Gasteiger partial charge in [0.25, 0.3) is 10.0 Å². The molecule has 170 valence electrons. The molecule has 0 aliphatic heterocycles. The van der Waals surface area contributed by atoms with Crippen LogP contribution >= 0.6 is 12.4 Å². The van der Waals surface area contributed by atoms with Crippen LogP contribution in [0.5, 0.6) is 5.75 Å². The van der Waals surface area contributed by atoms with Crippen molar-refractivity contribution in [1.29, 1.82) is 0 Å². The third-order valence-corrected chi connectivity index (χ3v) is 5.93. The Balaban J connectivity index is 0.00000363. The van der Waals surface area contributed by atoms with Crippen molar-refractivity contribution in [3.8, 4) is 5.75 Å². The minimum absolute atomic E-state index is 0. The normalized spacial score (nSPS) is 11.1. The average molecular weight is 475 g/mol. The number of nitrogens with one attached hydrogen (secondary N) is 1. The number of halogens is 1. The molecule has 3 aromatic rings. The fourth-order valence-corrected chi connectivity index (χ4v) is 3.98. The second-order valence-corrected chi connectivity index (χ2v) is 8.57. The van der Waals surface area contributed by atoms with E-state index in [0.717, 1.165) is 23.1 Å². The highest BCUT2D eigenvalue weighted by atomic mass is 35.5. The monoisotopic (exact) mass is 474 g/mol. The van der Waals surface area contributed by atoms with Crippen LogP contribution in [0.25, 0.3) is 0 Å². The molecule has 0 fully saturated rings. The number of hydrogen-bond donors (Lipinski definition) is 1. The molecule has 32 heavy (non-hydrogen) atoms. The Kier molecular flexibility index (Phi) is 9.56. The molecule has 0 radical (unpaired) electrons. The summed E-state index contributed by atoms with van der Waals surface area (Å²) in [6.07, 6.45) is 2.40. The first-order chi connectivity index (χ1) is 15.0. The van der Waals surface area contributed by atoms with Gasteiger partial charge in [-0.15, -0.1) is 12.4 Å². The topological polar surface area (TPSA) is 77.0 Å². The van der Waals surface area contributed by atoms with E-state index in [0.29, 0.717) is 24.7 Å². The molecule has 0 bridgehead atoms. The Morgan fingerprint density at radius 2 is 1.72 bits per heavy atom. The molecule has 0 aliphatic carbocycles. The summed E-state index contributed by atoms with van der Waals surface area (Å²) in [6.45, 7) is 4.75. The first kappa shape index (κ1) is 25.2. The van der Waals surface area contributed by atoms with Crippen molar-refractivity contribution in [2.24, 2.45) is 5.16 Å². The molecule has 1 N–H and O–H groups in total. The summed E-state index contributed by atoms with van der Waals surface area (Å²) in [5.74, 6) is 0.608. The Morgan fingerprint density at radius 3 is 2.41 bits per heavy atom. The molecule has 0 spiro atoms. The van der Waals surface area contributed by atoms with Crippen LogP contribution in [0.15, 0.2) is 82.8 Å². The summed E-state index contributed by atoms with van der Waals surface area (Å²) in [7, 11) is -3.65. The lowest BCUT2D eigenvalue weighted by atomic mass is 10.1. The summed E-state index contributed by atoms with van der Waals surface area (Å²) >= 11 is 0. The molecule has 6 nitrogen and oxygen atoms in total. The van der Waals surface area contributed by atoms with E-state index >= 15 is 0 Å². The van der Waals surface area contributed by atoms with Gasteiger partial charge in [-0.2, -0.15) is 0 Å². The van der Waals surface area contributed by atoms with Crippen LogP contribution in [0.4, 0.5) is 5.69 Å². The predicted octanol–water partition coefficient (Wildman–Crippen LogP) is 5.21. The van der Waals surface area contributed by atoms with Crippen LogP contribution in [0.3, 0.4) is 0 Å². The van der Waals surface area contributed by atoms with Crippen LogP contribution in [0, 0.1) is 6.92 Å². The SMILES string of the molecule is CCO/N=C/c1ccc(CCOc2ccc(C)c(NS(=O)(=O)c3ccccc3)c2)cc1.Cl. The van der Waals surface area contributed by atoms with E-state index in [1.165, 1.54) is 0 Å². The molecule has 0 aliphatic rings. The van der Waals surface area contributed by atoms with Gasteiger partial charge in [0, 0.05) is 12.5 Å². The summed E-state index contributed by atoms with van der Waals surface area (Å²) < 4.78 is 33.7. The maximum atomic E-state index is 12.6. The standard InChI is InChI=1S/C24H26N2O4S.ClH/c1-3-30-25-18-21-12-10-20(11-13-21)15-16-29-22-14-9-19(2)24(17-22)26-31(27,28)23-7-5-4-6-8-23;/h4-14,17-18,26H,3,15-16H2,1-2H3;1H/b25-18+;. The van der Waals surface area contributed by atoms with Crippen molar-refractivity contribution in [3.05, 3.63) is 89.5 Å². The van der Waals surface area contributed by atoms with Crippen LogP contribution in [-0.4, -0.2) is 27.8 Å². The Bertz CT molecular complexity index is 1120. The van der Waals surface area contributed by atoms with Gasteiger partial charge in [0.05, 0.1) is 23.4 Å². The fraction of sp³-hybridized carbons (Fsp3) is 0.208. The van der Waals surface area contributed by atoms with Crippen molar-refractivity contribution < 1.29 is 18.0 Å². The van der Waals surface area contributed by atoms with Gasteiger partial charge in [-0.25, -0.2) is 8.42 Å². The number of hydrogen-bond acceptors (Lipinski definition) is 5. The maximum absolute atomic E-state index is 12.6. The summed E-state index contributed by atoms with van der Waals surface area (Å²) in [5, 5.41) is 3.85. The van der Waals surface area contributed by atoms with E-state index in [-0.39, 0.29) is 17.3 Å². The van der Waals surface area contributed by atoms with Gasteiger partial charge in [-0.1, -0.05) is 53.7 Å². The zero-order valence-corrected chi connectivity index (χ0v) is 19.7.